The maximum absolute atomic E-state index is 10.1. The Bertz CT molecular complexity index is 30.6. The molecule has 0 bridgehead atoms. The van der Waals surface area contributed by atoms with Crippen molar-refractivity contribution in [1.29, 1.82) is 0 Å². The van der Waals surface area contributed by atoms with Gasteiger partial charge in [-0.25, -0.2) is 0 Å². The zero-order valence-corrected chi connectivity index (χ0v) is 5.38. The summed E-state index contributed by atoms with van der Waals surface area (Å²) in [4.78, 5) is 0. The summed E-state index contributed by atoms with van der Waals surface area (Å²) in [7, 11) is 0. The molecule has 0 aromatic rings. The smallest absolute Gasteiger partial charge is 0.174 e. The maximum Gasteiger partial charge on any atom is 0.263 e. The van der Waals surface area contributed by atoms with E-state index in [4.69, 9.17) is 0 Å². The van der Waals surface area contributed by atoms with E-state index < -0.39 is 6.08 Å². The summed E-state index contributed by atoms with van der Waals surface area (Å²) in [6.07, 6.45) is -1.83. The summed E-state index contributed by atoms with van der Waals surface area (Å²) < 4.78 is 20.3. The molecule has 27 valence electrons. The molecular weight excluding hydrogens is 151 g/mol. The molecule has 0 heterocycles. The Kier molecular flexibility index (Phi) is 8.65. The molecular formula is C2H2F2Y. The minimum absolute atomic E-state index is 0. The molecule has 0 aromatic carbocycles. The van der Waals surface area contributed by atoms with Gasteiger partial charge in [0.2, 0.25) is 0 Å². The van der Waals surface area contributed by atoms with Gasteiger partial charge in [0.05, 0.1) is 0 Å². The fourth-order valence-corrected chi connectivity index (χ4v) is 0. The number of halogens is 2. The molecule has 0 atom stereocenters. The molecule has 5 heavy (non-hydrogen) atoms. The molecule has 0 aliphatic rings. The van der Waals surface area contributed by atoms with E-state index in [0.717, 1.165) is 0 Å². The Morgan fingerprint density at radius 3 is 1.40 bits per heavy atom. The SMILES string of the molecule is C=C(F)F.[Y]. The molecule has 0 rings (SSSR count). The van der Waals surface area contributed by atoms with Gasteiger partial charge in [0.15, 0.2) is 0 Å². The van der Waals surface area contributed by atoms with Crippen molar-refractivity contribution in [2.45, 2.75) is 0 Å². The van der Waals surface area contributed by atoms with E-state index in [2.05, 4.69) is 6.58 Å². The summed E-state index contributed by atoms with van der Waals surface area (Å²) in [5.74, 6) is 0. The van der Waals surface area contributed by atoms with Crippen molar-refractivity contribution in [2.75, 3.05) is 0 Å². The zero-order valence-electron chi connectivity index (χ0n) is 2.54. The second-order valence-corrected chi connectivity index (χ2v) is 0.339. The van der Waals surface area contributed by atoms with E-state index in [1.54, 1.807) is 0 Å². The average Bonchev–Trinajstić information content (AvgIpc) is 0.811. The third kappa shape index (κ3) is 69.4. The fraction of sp³-hybridized carbons (Fsp3) is 0. The molecule has 0 aliphatic heterocycles. The van der Waals surface area contributed by atoms with E-state index >= 15 is 0 Å². The fourth-order valence-electron chi connectivity index (χ4n) is 0. The molecule has 0 N–H and O–H groups in total. The second kappa shape index (κ2) is 4.70. The molecule has 0 aliphatic carbocycles. The summed E-state index contributed by atoms with van der Waals surface area (Å²) >= 11 is 0. The van der Waals surface area contributed by atoms with E-state index in [9.17, 15) is 8.78 Å². The van der Waals surface area contributed by atoms with Crippen molar-refractivity contribution < 1.29 is 41.5 Å². The number of hydrogen-bond acceptors (Lipinski definition) is 0. The third-order valence-corrected chi connectivity index (χ3v) is 0. The van der Waals surface area contributed by atoms with Gasteiger partial charge >= 0.3 is 0 Å². The van der Waals surface area contributed by atoms with Crippen molar-refractivity contribution in [1.82, 2.24) is 0 Å². The van der Waals surface area contributed by atoms with Crippen LogP contribution in [-0.2, 0) is 32.7 Å². The molecule has 0 spiro atoms. The number of rotatable bonds is 0. The molecule has 0 saturated heterocycles. The quantitative estimate of drug-likeness (QED) is 0.493. The molecule has 1 radical (unpaired) electrons. The van der Waals surface area contributed by atoms with Crippen LogP contribution in [0, 0.1) is 0 Å². The molecule has 3 heteroatoms. The molecule has 0 saturated carbocycles. The maximum atomic E-state index is 10.1. The van der Waals surface area contributed by atoms with Gasteiger partial charge in [0, 0.05) is 32.7 Å². The Morgan fingerprint density at radius 1 is 1.40 bits per heavy atom. The third-order valence-electron chi connectivity index (χ3n) is 0. The van der Waals surface area contributed by atoms with Crippen molar-refractivity contribution in [3.8, 4) is 0 Å². The van der Waals surface area contributed by atoms with Crippen molar-refractivity contribution in [2.24, 2.45) is 0 Å². The first-order valence-electron chi connectivity index (χ1n) is 0.732. The number of hydrogen-bond donors (Lipinski definition) is 0. The van der Waals surface area contributed by atoms with E-state index in [0.29, 0.717) is 0 Å². The monoisotopic (exact) mass is 153 g/mol. The predicted molar refractivity (Wildman–Crippen MR) is 11.4 cm³/mol. The van der Waals surface area contributed by atoms with Crippen LogP contribution in [0.5, 0.6) is 0 Å². The summed E-state index contributed by atoms with van der Waals surface area (Å²) in [5, 5.41) is 0. The summed E-state index contributed by atoms with van der Waals surface area (Å²) in [6.45, 7) is 2.22. The van der Waals surface area contributed by atoms with Crippen molar-refractivity contribution in [3.63, 3.8) is 0 Å². The van der Waals surface area contributed by atoms with Gasteiger partial charge in [-0.3, -0.25) is 0 Å². The van der Waals surface area contributed by atoms with Crippen LogP contribution in [0.4, 0.5) is 8.78 Å². The molecule has 0 aromatic heterocycles. The normalized spacial score (nSPS) is 5.20. The zero-order chi connectivity index (χ0) is 3.58. The largest absolute Gasteiger partial charge is 0.263 e. The van der Waals surface area contributed by atoms with Crippen LogP contribution < -0.4 is 0 Å². The Morgan fingerprint density at radius 2 is 1.40 bits per heavy atom. The van der Waals surface area contributed by atoms with Gasteiger partial charge < -0.3 is 0 Å². The van der Waals surface area contributed by atoms with Crippen LogP contribution in [0.1, 0.15) is 0 Å². The summed E-state index contributed by atoms with van der Waals surface area (Å²) in [5.41, 5.74) is 0. The average molecular weight is 153 g/mol. The molecule has 0 amide bonds. The summed E-state index contributed by atoms with van der Waals surface area (Å²) in [6, 6.07) is 0. The molecule has 0 fully saturated rings. The predicted octanol–water partition coefficient (Wildman–Crippen LogP) is 1.39. The van der Waals surface area contributed by atoms with E-state index in [1.165, 1.54) is 0 Å². The van der Waals surface area contributed by atoms with Crippen molar-refractivity contribution >= 4 is 0 Å². The van der Waals surface area contributed by atoms with E-state index in [-0.39, 0.29) is 32.7 Å². The van der Waals surface area contributed by atoms with E-state index in [1.807, 2.05) is 0 Å². The first-order chi connectivity index (χ1) is 1.73. The van der Waals surface area contributed by atoms with Gasteiger partial charge in [-0.05, 0) is 6.58 Å². The molecule has 0 unspecified atom stereocenters. The second-order valence-electron chi connectivity index (χ2n) is 0.339. The first kappa shape index (κ1) is 9.20. The van der Waals surface area contributed by atoms with Crippen LogP contribution in [0.3, 0.4) is 0 Å². The molecule has 0 nitrogen and oxygen atoms in total. The van der Waals surface area contributed by atoms with Gasteiger partial charge in [-0.1, -0.05) is 0 Å². The minimum Gasteiger partial charge on any atom is -0.174 e. The van der Waals surface area contributed by atoms with Crippen LogP contribution in [0.15, 0.2) is 12.7 Å². The van der Waals surface area contributed by atoms with Gasteiger partial charge in [-0.2, -0.15) is 8.78 Å². The first-order valence-corrected chi connectivity index (χ1v) is 0.732. The van der Waals surface area contributed by atoms with Gasteiger partial charge in [0.25, 0.3) is 6.08 Å². The van der Waals surface area contributed by atoms with Gasteiger partial charge in [0.1, 0.15) is 0 Å². The Hall–Kier alpha value is 0.704. The minimum atomic E-state index is -1.83. The van der Waals surface area contributed by atoms with Crippen molar-refractivity contribution in [3.05, 3.63) is 12.7 Å². The Labute approximate surface area is 54.1 Å². The topological polar surface area (TPSA) is 0 Å². The van der Waals surface area contributed by atoms with Crippen LogP contribution in [0.2, 0.25) is 0 Å². The van der Waals surface area contributed by atoms with Crippen LogP contribution in [-0.4, -0.2) is 0 Å². The van der Waals surface area contributed by atoms with Crippen LogP contribution in [0.25, 0.3) is 0 Å². The standard InChI is InChI=1S/C2H2F2.Y/c1-2(3)4;/h1H2;. The van der Waals surface area contributed by atoms with Crippen LogP contribution >= 0.6 is 0 Å². The van der Waals surface area contributed by atoms with Gasteiger partial charge in [-0.15, -0.1) is 0 Å². The Balaban J connectivity index is 0.